The molecule has 13 heteroatoms. The van der Waals surface area contributed by atoms with E-state index in [-0.39, 0.29) is 33.8 Å². The second-order valence-electron chi connectivity index (χ2n) is 6.98. The van der Waals surface area contributed by atoms with Crippen LogP contribution in [0.2, 0.25) is 0 Å². The van der Waals surface area contributed by atoms with Gasteiger partial charge in [0.25, 0.3) is 5.91 Å². The lowest BCUT2D eigenvalue weighted by atomic mass is 10.2. The van der Waals surface area contributed by atoms with Crippen LogP contribution >= 0.6 is 31.9 Å². The van der Waals surface area contributed by atoms with Gasteiger partial charge >= 0.3 is 6.18 Å². The Hall–Kier alpha value is -2.67. The number of fused-ring (bicyclic) bond motifs is 1. The van der Waals surface area contributed by atoms with E-state index in [0.717, 1.165) is 23.0 Å². The first-order chi connectivity index (χ1) is 15.0. The largest absolute Gasteiger partial charge is 0.448 e. The van der Waals surface area contributed by atoms with E-state index in [1.54, 1.807) is 17.8 Å². The lowest BCUT2D eigenvalue weighted by molar-refractivity contribution is -0.142. The molecular weight excluding hydrogens is 561 g/mol. The third kappa shape index (κ3) is 3.94. The molecule has 0 atom stereocenters. The molecule has 1 N–H and O–H groups in total. The predicted octanol–water partition coefficient (Wildman–Crippen LogP) is 4.81. The van der Waals surface area contributed by atoms with E-state index < -0.39 is 17.8 Å². The van der Waals surface area contributed by atoms with E-state index in [1.807, 2.05) is 13.8 Å². The van der Waals surface area contributed by atoms with Crippen molar-refractivity contribution in [3.8, 4) is 11.5 Å². The van der Waals surface area contributed by atoms with Crippen LogP contribution in [0.3, 0.4) is 0 Å². The molecule has 0 aliphatic carbocycles. The topological polar surface area (TPSA) is 90.2 Å². The van der Waals surface area contributed by atoms with Gasteiger partial charge in [0.05, 0.1) is 10.2 Å². The maximum absolute atomic E-state index is 13.8. The molecule has 1 amide bonds. The molecule has 8 nitrogen and oxygen atoms in total. The number of alkyl halides is 3. The van der Waals surface area contributed by atoms with Gasteiger partial charge in [0.15, 0.2) is 27.5 Å². The molecule has 32 heavy (non-hydrogen) atoms. The number of amides is 1. The summed E-state index contributed by atoms with van der Waals surface area (Å²) < 4.78 is 49.3. The van der Waals surface area contributed by atoms with Crippen LogP contribution in [0, 0.1) is 13.8 Å². The number of nitrogens with zero attached hydrogens (tertiary/aromatic N) is 5. The summed E-state index contributed by atoms with van der Waals surface area (Å²) in [5.74, 6) is -0.521. The Morgan fingerprint density at radius 2 is 1.94 bits per heavy atom. The van der Waals surface area contributed by atoms with Gasteiger partial charge in [0.1, 0.15) is 5.69 Å². The maximum Gasteiger partial charge on any atom is 0.433 e. The van der Waals surface area contributed by atoms with E-state index in [1.165, 1.54) is 6.07 Å². The lowest BCUT2D eigenvalue weighted by Gasteiger charge is -2.10. The standard InChI is InChI=1S/C19H15Br2F3N6O2/c1-8-10(9(2)29(3)27-8)7-25-18(31)16-15(21)17-26-11(12-4-5-14(20)32-12)6-13(19(22,23)24)30(17)28-16/h4-6H,7H2,1-3H3,(H,25,31). The van der Waals surface area contributed by atoms with Crippen LogP contribution in [-0.4, -0.2) is 30.3 Å². The highest BCUT2D eigenvalue weighted by molar-refractivity contribution is 9.10. The number of halogens is 5. The highest BCUT2D eigenvalue weighted by atomic mass is 79.9. The molecule has 0 aromatic carbocycles. The summed E-state index contributed by atoms with van der Waals surface area (Å²) in [6, 6.07) is 3.85. The Labute approximate surface area is 196 Å². The zero-order chi connectivity index (χ0) is 23.4. The van der Waals surface area contributed by atoms with Crippen molar-refractivity contribution in [2.45, 2.75) is 26.6 Å². The fourth-order valence-electron chi connectivity index (χ4n) is 3.24. The third-order valence-corrected chi connectivity index (χ3v) is 6.11. The fraction of sp³-hybridized carbons (Fsp3) is 0.263. The van der Waals surface area contributed by atoms with Gasteiger partial charge in [0, 0.05) is 24.8 Å². The Balaban J connectivity index is 1.76. The zero-order valence-electron chi connectivity index (χ0n) is 16.9. The van der Waals surface area contributed by atoms with E-state index in [2.05, 4.69) is 52.4 Å². The molecule has 0 saturated heterocycles. The molecule has 0 aliphatic heterocycles. The van der Waals surface area contributed by atoms with Crippen LogP contribution in [-0.2, 0) is 19.8 Å². The van der Waals surface area contributed by atoms with E-state index in [9.17, 15) is 18.0 Å². The molecule has 0 aliphatic rings. The number of hydrogen-bond donors (Lipinski definition) is 1. The van der Waals surface area contributed by atoms with E-state index in [4.69, 9.17) is 4.42 Å². The molecule has 0 unspecified atom stereocenters. The van der Waals surface area contributed by atoms with Crippen molar-refractivity contribution in [3.63, 3.8) is 0 Å². The van der Waals surface area contributed by atoms with Crippen molar-refractivity contribution in [1.29, 1.82) is 0 Å². The van der Waals surface area contributed by atoms with Crippen LogP contribution in [0.25, 0.3) is 17.1 Å². The predicted molar refractivity (Wildman–Crippen MR) is 115 cm³/mol. The third-order valence-electron chi connectivity index (χ3n) is 4.95. The molecule has 4 heterocycles. The smallest absolute Gasteiger partial charge is 0.433 e. The number of aryl methyl sites for hydroxylation is 2. The summed E-state index contributed by atoms with van der Waals surface area (Å²) >= 11 is 6.31. The summed E-state index contributed by atoms with van der Waals surface area (Å²) in [6.45, 7) is 3.82. The fourth-order valence-corrected chi connectivity index (χ4v) is 4.06. The van der Waals surface area contributed by atoms with Crippen LogP contribution < -0.4 is 5.32 Å². The average molecular weight is 576 g/mol. The number of hydrogen-bond acceptors (Lipinski definition) is 5. The van der Waals surface area contributed by atoms with Gasteiger partial charge in [-0.05, 0) is 63.9 Å². The quantitative estimate of drug-likeness (QED) is 0.377. The maximum atomic E-state index is 13.8. The first-order valence-corrected chi connectivity index (χ1v) is 10.8. The van der Waals surface area contributed by atoms with Crippen LogP contribution in [0.15, 0.2) is 31.8 Å². The SMILES string of the molecule is Cc1nn(C)c(C)c1CNC(=O)c1nn2c(C(F)(F)F)cc(-c3ccc(Br)o3)nc2c1Br. The van der Waals surface area contributed by atoms with Gasteiger partial charge in [-0.2, -0.15) is 23.4 Å². The number of carbonyl (C=O) groups excluding carboxylic acids is 1. The molecule has 4 aromatic heterocycles. The Bertz CT molecular complexity index is 1360. The second-order valence-corrected chi connectivity index (χ2v) is 8.56. The van der Waals surface area contributed by atoms with Crippen LogP contribution in [0.5, 0.6) is 0 Å². The number of nitrogens with one attached hydrogen (secondary N) is 1. The van der Waals surface area contributed by atoms with E-state index >= 15 is 0 Å². The minimum Gasteiger partial charge on any atom is -0.448 e. The van der Waals surface area contributed by atoms with Gasteiger partial charge in [0.2, 0.25) is 0 Å². The molecule has 0 radical (unpaired) electrons. The normalized spacial score (nSPS) is 12.0. The van der Waals surface area contributed by atoms with Crippen molar-refractivity contribution in [2.24, 2.45) is 7.05 Å². The summed E-state index contributed by atoms with van der Waals surface area (Å²) in [4.78, 5) is 17.0. The second kappa shape index (κ2) is 8.03. The first-order valence-electron chi connectivity index (χ1n) is 9.16. The Kier molecular flexibility index (Phi) is 5.65. The van der Waals surface area contributed by atoms with Crippen molar-refractivity contribution in [2.75, 3.05) is 0 Å². The van der Waals surface area contributed by atoms with E-state index in [0.29, 0.717) is 9.18 Å². The van der Waals surface area contributed by atoms with Gasteiger partial charge in [-0.15, -0.1) is 0 Å². The van der Waals surface area contributed by atoms with Gasteiger partial charge in [-0.25, -0.2) is 9.50 Å². The van der Waals surface area contributed by atoms with Crippen LogP contribution in [0.4, 0.5) is 13.2 Å². The molecular formula is C19H15Br2F3N6O2. The highest BCUT2D eigenvalue weighted by Gasteiger charge is 2.37. The van der Waals surface area contributed by atoms with Gasteiger partial charge in [-0.3, -0.25) is 9.48 Å². The van der Waals surface area contributed by atoms with Gasteiger partial charge in [-0.1, -0.05) is 0 Å². The van der Waals surface area contributed by atoms with Crippen molar-refractivity contribution >= 4 is 43.4 Å². The summed E-state index contributed by atoms with van der Waals surface area (Å²) in [5.41, 5.74) is 0.900. The minimum absolute atomic E-state index is 0.0348. The molecule has 0 spiro atoms. The van der Waals surface area contributed by atoms with Crippen molar-refractivity contribution in [3.05, 3.63) is 55.7 Å². The monoisotopic (exact) mass is 574 g/mol. The Morgan fingerprint density at radius 3 is 2.50 bits per heavy atom. The molecule has 4 aromatic rings. The highest BCUT2D eigenvalue weighted by Crippen LogP contribution is 2.35. The average Bonchev–Trinajstić information content (AvgIpc) is 3.36. The van der Waals surface area contributed by atoms with Crippen molar-refractivity contribution in [1.82, 2.24) is 29.7 Å². The number of carbonyl (C=O) groups is 1. The first kappa shape index (κ1) is 22.5. The summed E-state index contributed by atoms with van der Waals surface area (Å²) in [5, 5.41) is 10.9. The van der Waals surface area contributed by atoms with Crippen molar-refractivity contribution < 1.29 is 22.4 Å². The number of rotatable bonds is 4. The number of furan rings is 1. The minimum atomic E-state index is -4.75. The van der Waals surface area contributed by atoms with Gasteiger partial charge < -0.3 is 9.73 Å². The molecule has 0 saturated carbocycles. The Morgan fingerprint density at radius 1 is 1.22 bits per heavy atom. The summed E-state index contributed by atoms with van der Waals surface area (Å²) in [6.07, 6.45) is -4.75. The molecule has 168 valence electrons. The zero-order valence-corrected chi connectivity index (χ0v) is 20.1. The summed E-state index contributed by atoms with van der Waals surface area (Å²) in [7, 11) is 1.78. The lowest BCUT2D eigenvalue weighted by Crippen LogP contribution is -2.24. The molecule has 0 fully saturated rings. The van der Waals surface area contributed by atoms with Crippen LogP contribution in [0.1, 0.15) is 33.1 Å². The molecule has 4 rings (SSSR count). The molecule has 0 bridgehead atoms. The number of aromatic nitrogens is 5.